The molecule has 3 aliphatic rings. The summed E-state index contributed by atoms with van der Waals surface area (Å²) in [5, 5.41) is 23.3. The number of halogens is 1. The van der Waals surface area contributed by atoms with Gasteiger partial charge in [-0.2, -0.15) is 0 Å². The first kappa shape index (κ1) is 21.8. The molecule has 2 saturated heterocycles. The molecule has 31 heavy (non-hydrogen) atoms. The highest BCUT2D eigenvalue weighted by Crippen LogP contribution is 2.39. The molecule has 5 atom stereocenters. The second-order valence-electron chi connectivity index (χ2n) is 9.81. The number of nitrogens with zero attached hydrogens (tertiary/aromatic N) is 2. The average molecular weight is 435 g/mol. The largest absolute Gasteiger partial charge is 0.493 e. The van der Waals surface area contributed by atoms with Crippen LogP contribution in [0.4, 0.5) is 9.18 Å². The smallest absolute Gasteiger partial charge is 0.408 e. The molecule has 1 unspecified atom stereocenters. The standard InChI is InChI=1S/C22H30FN3O5/c1-22(2,3)19-16-9-13(27)10-25(16)11-17(26(19)21(29)30)20(28)24-15-6-7-31-18-8-12(23)4-5-14(15)18/h4-5,8,13,15-17,19,27H,6-7,9-11H2,1-3H3,(H,24,28)(H,29,30)/t13-,15-,16-,17+,19?/m1/s1. The third kappa shape index (κ3) is 4.08. The number of aliphatic hydroxyl groups is 1. The molecule has 0 bridgehead atoms. The molecular formula is C22H30FN3O5. The van der Waals surface area contributed by atoms with Crippen molar-refractivity contribution in [1.29, 1.82) is 0 Å². The maximum atomic E-state index is 13.6. The average Bonchev–Trinajstić information content (AvgIpc) is 3.04. The Hall–Kier alpha value is -2.39. The summed E-state index contributed by atoms with van der Waals surface area (Å²) in [6.45, 7) is 6.86. The van der Waals surface area contributed by atoms with E-state index in [9.17, 15) is 24.2 Å². The minimum atomic E-state index is -1.14. The lowest BCUT2D eigenvalue weighted by Crippen LogP contribution is -2.70. The Balaban J connectivity index is 1.62. The third-order valence-corrected chi connectivity index (χ3v) is 6.58. The number of carbonyl (C=O) groups excluding carboxylic acids is 1. The lowest BCUT2D eigenvalue weighted by molar-refractivity contribution is -0.134. The van der Waals surface area contributed by atoms with E-state index in [1.165, 1.54) is 17.0 Å². The number of fused-ring (bicyclic) bond motifs is 2. The van der Waals surface area contributed by atoms with Crippen LogP contribution in [0.15, 0.2) is 18.2 Å². The van der Waals surface area contributed by atoms with Gasteiger partial charge in [0.2, 0.25) is 5.91 Å². The Morgan fingerprint density at radius 3 is 2.68 bits per heavy atom. The summed E-state index contributed by atoms with van der Waals surface area (Å²) in [6, 6.07) is 2.34. The van der Waals surface area contributed by atoms with Gasteiger partial charge in [-0.05, 0) is 17.9 Å². The van der Waals surface area contributed by atoms with Crippen LogP contribution in [0.1, 0.15) is 45.2 Å². The molecule has 0 radical (unpaired) electrons. The third-order valence-electron chi connectivity index (χ3n) is 6.58. The van der Waals surface area contributed by atoms with Gasteiger partial charge in [-0.3, -0.25) is 14.6 Å². The highest BCUT2D eigenvalue weighted by atomic mass is 19.1. The fraction of sp³-hybridized carbons (Fsp3) is 0.636. The monoisotopic (exact) mass is 435 g/mol. The van der Waals surface area contributed by atoms with E-state index < -0.39 is 41.4 Å². The molecule has 0 aromatic heterocycles. The number of carbonyl (C=O) groups is 2. The summed E-state index contributed by atoms with van der Waals surface area (Å²) in [4.78, 5) is 29.0. The number of hydrogen-bond donors (Lipinski definition) is 3. The van der Waals surface area contributed by atoms with Crippen molar-refractivity contribution in [2.45, 2.75) is 63.9 Å². The van der Waals surface area contributed by atoms with Crippen molar-refractivity contribution in [2.75, 3.05) is 19.7 Å². The van der Waals surface area contributed by atoms with Crippen molar-refractivity contribution in [3.05, 3.63) is 29.6 Å². The number of aliphatic hydroxyl groups excluding tert-OH is 1. The van der Waals surface area contributed by atoms with Crippen molar-refractivity contribution >= 4 is 12.0 Å². The number of carboxylic acid groups (broad SMARTS) is 1. The van der Waals surface area contributed by atoms with Crippen molar-refractivity contribution in [3.63, 3.8) is 0 Å². The molecular weight excluding hydrogens is 405 g/mol. The van der Waals surface area contributed by atoms with E-state index in [-0.39, 0.29) is 18.6 Å². The normalized spacial score (nSPS) is 30.9. The van der Waals surface area contributed by atoms with Crippen LogP contribution >= 0.6 is 0 Å². The van der Waals surface area contributed by atoms with Crippen LogP contribution in [-0.2, 0) is 4.79 Å². The van der Waals surface area contributed by atoms with Gasteiger partial charge >= 0.3 is 6.09 Å². The van der Waals surface area contributed by atoms with E-state index in [0.717, 1.165) is 0 Å². The summed E-state index contributed by atoms with van der Waals surface area (Å²) >= 11 is 0. The molecule has 9 heteroatoms. The van der Waals surface area contributed by atoms with Crippen molar-refractivity contribution < 1.29 is 28.9 Å². The lowest BCUT2D eigenvalue weighted by atomic mass is 9.78. The summed E-state index contributed by atoms with van der Waals surface area (Å²) in [5.41, 5.74) is 0.258. The van der Waals surface area contributed by atoms with E-state index >= 15 is 0 Å². The van der Waals surface area contributed by atoms with Crippen LogP contribution in [0.3, 0.4) is 0 Å². The number of benzene rings is 1. The zero-order valence-electron chi connectivity index (χ0n) is 18.0. The van der Waals surface area contributed by atoms with E-state index in [0.29, 0.717) is 37.3 Å². The van der Waals surface area contributed by atoms with E-state index in [4.69, 9.17) is 4.74 Å². The zero-order valence-corrected chi connectivity index (χ0v) is 18.0. The molecule has 0 spiro atoms. The van der Waals surface area contributed by atoms with Crippen LogP contribution in [0.25, 0.3) is 0 Å². The minimum Gasteiger partial charge on any atom is -0.493 e. The van der Waals surface area contributed by atoms with Crippen LogP contribution in [0, 0.1) is 11.2 Å². The summed E-state index contributed by atoms with van der Waals surface area (Å²) in [6.07, 6.45) is -0.684. The molecule has 3 aliphatic heterocycles. The van der Waals surface area contributed by atoms with Crippen LogP contribution < -0.4 is 10.1 Å². The van der Waals surface area contributed by atoms with Crippen LogP contribution in [0.2, 0.25) is 0 Å². The van der Waals surface area contributed by atoms with Crippen molar-refractivity contribution in [3.8, 4) is 5.75 Å². The Labute approximate surface area is 181 Å². The number of nitrogens with one attached hydrogen (secondary N) is 1. The molecule has 0 saturated carbocycles. The molecule has 2 amide bonds. The summed E-state index contributed by atoms with van der Waals surface area (Å²) in [5.74, 6) is -0.411. The van der Waals surface area contributed by atoms with Crippen molar-refractivity contribution in [1.82, 2.24) is 15.1 Å². The SMILES string of the molecule is CC(C)(C)C1[C@H]2C[C@@H](O)CN2C[C@@H](C(=O)N[C@@H]2CCOc3cc(F)ccc32)N1C(=O)O. The van der Waals surface area contributed by atoms with Gasteiger partial charge in [0.25, 0.3) is 0 Å². The molecule has 1 aromatic carbocycles. The predicted molar refractivity (Wildman–Crippen MR) is 110 cm³/mol. The van der Waals surface area contributed by atoms with Gasteiger partial charge < -0.3 is 20.3 Å². The van der Waals surface area contributed by atoms with Crippen molar-refractivity contribution in [2.24, 2.45) is 5.41 Å². The maximum absolute atomic E-state index is 13.6. The molecule has 2 fully saturated rings. The van der Waals surface area contributed by atoms with Gasteiger partial charge in [0, 0.05) is 37.2 Å². The molecule has 3 heterocycles. The Bertz CT molecular complexity index is 873. The fourth-order valence-electron chi connectivity index (χ4n) is 5.37. The predicted octanol–water partition coefficient (Wildman–Crippen LogP) is 1.98. The summed E-state index contributed by atoms with van der Waals surface area (Å²) in [7, 11) is 0. The minimum absolute atomic E-state index is 0.137. The van der Waals surface area contributed by atoms with Gasteiger partial charge in [0.15, 0.2) is 0 Å². The highest BCUT2D eigenvalue weighted by Gasteiger charge is 2.54. The first-order valence-corrected chi connectivity index (χ1v) is 10.7. The van der Waals surface area contributed by atoms with Gasteiger partial charge in [0.1, 0.15) is 17.6 Å². The first-order chi connectivity index (χ1) is 14.6. The lowest BCUT2D eigenvalue weighted by Gasteiger charge is -2.52. The molecule has 170 valence electrons. The number of hydrogen-bond acceptors (Lipinski definition) is 5. The maximum Gasteiger partial charge on any atom is 0.408 e. The number of ether oxygens (including phenoxy) is 1. The van der Waals surface area contributed by atoms with Gasteiger partial charge in [-0.15, -0.1) is 0 Å². The number of piperazine rings is 1. The second kappa shape index (κ2) is 7.94. The highest BCUT2D eigenvalue weighted by molar-refractivity contribution is 5.86. The Kier molecular flexibility index (Phi) is 5.59. The summed E-state index contributed by atoms with van der Waals surface area (Å²) < 4.78 is 19.1. The quantitative estimate of drug-likeness (QED) is 0.657. The van der Waals surface area contributed by atoms with E-state index in [1.54, 1.807) is 6.07 Å². The molecule has 3 N–H and O–H groups in total. The number of rotatable bonds is 2. The first-order valence-electron chi connectivity index (χ1n) is 10.7. The molecule has 1 aromatic rings. The van der Waals surface area contributed by atoms with E-state index in [2.05, 4.69) is 5.32 Å². The van der Waals surface area contributed by atoms with Crippen LogP contribution in [0.5, 0.6) is 5.75 Å². The van der Waals surface area contributed by atoms with Gasteiger partial charge in [-0.1, -0.05) is 26.8 Å². The van der Waals surface area contributed by atoms with Gasteiger partial charge in [0.05, 0.1) is 24.8 Å². The molecule has 0 aliphatic carbocycles. The Morgan fingerprint density at radius 2 is 2.00 bits per heavy atom. The second-order valence-corrected chi connectivity index (χ2v) is 9.81. The Morgan fingerprint density at radius 1 is 1.26 bits per heavy atom. The van der Waals surface area contributed by atoms with E-state index in [1.807, 2.05) is 25.7 Å². The fourth-order valence-corrected chi connectivity index (χ4v) is 5.37. The van der Waals surface area contributed by atoms with Gasteiger partial charge in [-0.25, -0.2) is 9.18 Å². The number of amides is 2. The zero-order chi connectivity index (χ0) is 22.5. The molecule has 4 rings (SSSR count). The van der Waals surface area contributed by atoms with Crippen LogP contribution in [-0.4, -0.2) is 75.9 Å². The molecule has 8 nitrogen and oxygen atoms in total. The topological polar surface area (TPSA) is 102 Å².